The van der Waals surface area contributed by atoms with Crippen molar-refractivity contribution in [3.63, 3.8) is 0 Å². The van der Waals surface area contributed by atoms with Gasteiger partial charge in [0.25, 0.3) is 10.0 Å². The van der Waals surface area contributed by atoms with E-state index in [4.69, 9.17) is 0 Å². The number of benzene rings is 3. The molecule has 0 heterocycles. The van der Waals surface area contributed by atoms with Crippen molar-refractivity contribution in [2.24, 2.45) is 0 Å². The molecule has 3 aromatic rings. The number of fused-ring (bicyclic) bond motifs is 1. The van der Waals surface area contributed by atoms with Crippen molar-refractivity contribution >= 4 is 26.5 Å². The molecule has 0 aromatic heterocycles. The van der Waals surface area contributed by atoms with Crippen LogP contribution in [0.25, 0.3) is 10.8 Å². The Morgan fingerprint density at radius 3 is 2.24 bits per heavy atom. The van der Waals surface area contributed by atoms with Crippen LogP contribution in [0, 0.1) is 6.92 Å². The Morgan fingerprint density at radius 2 is 1.48 bits per heavy atom. The Bertz CT molecular complexity index is 879. The number of hydrogen-bond donors (Lipinski definition) is 1. The predicted octanol–water partition coefficient (Wildman–Crippen LogP) is 3.95. The summed E-state index contributed by atoms with van der Waals surface area (Å²) in [5, 5.41) is 1.89. The fourth-order valence-electron chi connectivity index (χ4n) is 2.24. The van der Waals surface area contributed by atoms with E-state index in [9.17, 15) is 8.42 Å². The van der Waals surface area contributed by atoms with E-state index in [1.54, 1.807) is 30.3 Å². The fraction of sp³-hybridized carbons (Fsp3) is 0.0588. The Labute approximate surface area is 124 Å². The maximum Gasteiger partial charge on any atom is 0.261 e. The topological polar surface area (TPSA) is 46.2 Å². The molecule has 0 aliphatic rings. The van der Waals surface area contributed by atoms with Gasteiger partial charge in [0.2, 0.25) is 0 Å². The SMILES string of the molecule is Cc1ccc(S(=O)(=O)Nc2cccc3ccccc23)cc1. The van der Waals surface area contributed by atoms with Crippen LogP contribution in [0.1, 0.15) is 5.56 Å². The van der Waals surface area contributed by atoms with Gasteiger partial charge < -0.3 is 0 Å². The summed E-state index contributed by atoms with van der Waals surface area (Å²) in [5.74, 6) is 0. The maximum absolute atomic E-state index is 12.4. The molecular weight excluding hydrogens is 282 g/mol. The number of nitrogens with one attached hydrogen (secondary N) is 1. The van der Waals surface area contributed by atoms with Crippen molar-refractivity contribution in [1.82, 2.24) is 0 Å². The highest BCUT2D eigenvalue weighted by atomic mass is 32.2. The third kappa shape index (κ3) is 2.76. The van der Waals surface area contributed by atoms with Gasteiger partial charge in [0, 0.05) is 5.39 Å². The standard InChI is InChI=1S/C17H15NO2S/c1-13-9-11-15(12-10-13)21(19,20)18-17-8-4-6-14-5-2-3-7-16(14)17/h2-12,18H,1H3. The Hall–Kier alpha value is -2.33. The normalized spacial score (nSPS) is 11.5. The lowest BCUT2D eigenvalue weighted by molar-refractivity contribution is 0.601. The van der Waals surface area contributed by atoms with Gasteiger partial charge in [-0.25, -0.2) is 8.42 Å². The summed E-state index contributed by atoms with van der Waals surface area (Å²) in [6.45, 7) is 1.93. The van der Waals surface area contributed by atoms with E-state index in [1.165, 1.54) is 0 Å². The second kappa shape index (κ2) is 5.22. The molecule has 0 aliphatic carbocycles. The third-order valence-electron chi connectivity index (χ3n) is 3.37. The van der Waals surface area contributed by atoms with Crippen molar-refractivity contribution in [2.45, 2.75) is 11.8 Å². The van der Waals surface area contributed by atoms with Crippen molar-refractivity contribution in [3.8, 4) is 0 Å². The van der Waals surface area contributed by atoms with Crippen LogP contribution in [0.5, 0.6) is 0 Å². The van der Waals surface area contributed by atoms with Gasteiger partial charge in [-0.3, -0.25) is 4.72 Å². The highest BCUT2D eigenvalue weighted by molar-refractivity contribution is 7.92. The van der Waals surface area contributed by atoms with Crippen molar-refractivity contribution < 1.29 is 8.42 Å². The molecule has 0 saturated carbocycles. The van der Waals surface area contributed by atoms with Crippen molar-refractivity contribution in [1.29, 1.82) is 0 Å². The summed E-state index contributed by atoms with van der Waals surface area (Å²) < 4.78 is 27.6. The average Bonchev–Trinajstić information content (AvgIpc) is 2.48. The van der Waals surface area contributed by atoms with Gasteiger partial charge in [-0.05, 0) is 30.5 Å². The van der Waals surface area contributed by atoms with Crippen LogP contribution in [0.15, 0.2) is 71.6 Å². The lowest BCUT2D eigenvalue weighted by Gasteiger charge is -2.11. The Kier molecular flexibility index (Phi) is 3.39. The first-order chi connectivity index (χ1) is 10.1. The zero-order valence-corrected chi connectivity index (χ0v) is 12.4. The summed E-state index contributed by atoms with van der Waals surface area (Å²) in [5.41, 5.74) is 1.62. The van der Waals surface area contributed by atoms with Crippen molar-refractivity contribution in [3.05, 3.63) is 72.3 Å². The van der Waals surface area contributed by atoms with Crippen LogP contribution in [-0.4, -0.2) is 8.42 Å². The lowest BCUT2D eigenvalue weighted by Crippen LogP contribution is -2.13. The molecule has 0 aliphatic heterocycles. The second-order valence-corrected chi connectivity index (χ2v) is 6.63. The molecule has 1 N–H and O–H groups in total. The molecule has 3 aromatic carbocycles. The molecule has 0 fully saturated rings. The summed E-state index contributed by atoms with van der Waals surface area (Å²) in [6.07, 6.45) is 0. The van der Waals surface area contributed by atoms with Gasteiger partial charge >= 0.3 is 0 Å². The highest BCUT2D eigenvalue weighted by Crippen LogP contribution is 2.25. The number of aryl methyl sites for hydroxylation is 1. The zero-order chi connectivity index (χ0) is 14.9. The minimum absolute atomic E-state index is 0.265. The molecule has 0 amide bonds. The van der Waals surface area contributed by atoms with Crippen molar-refractivity contribution in [2.75, 3.05) is 4.72 Å². The van der Waals surface area contributed by atoms with Crippen LogP contribution in [0.3, 0.4) is 0 Å². The van der Waals surface area contributed by atoms with Crippen LogP contribution in [-0.2, 0) is 10.0 Å². The second-order valence-electron chi connectivity index (χ2n) is 4.95. The largest absolute Gasteiger partial charge is 0.279 e. The monoisotopic (exact) mass is 297 g/mol. The van der Waals surface area contributed by atoms with E-state index in [2.05, 4.69) is 4.72 Å². The van der Waals surface area contributed by atoms with Gasteiger partial charge in [0.15, 0.2) is 0 Å². The summed E-state index contributed by atoms with van der Waals surface area (Å²) in [6, 6.07) is 20.1. The maximum atomic E-state index is 12.4. The number of hydrogen-bond acceptors (Lipinski definition) is 2. The average molecular weight is 297 g/mol. The molecule has 0 unspecified atom stereocenters. The first-order valence-corrected chi connectivity index (χ1v) is 8.12. The van der Waals surface area contributed by atoms with E-state index in [0.717, 1.165) is 16.3 Å². The van der Waals surface area contributed by atoms with Crippen LogP contribution >= 0.6 is 0 Å². The number of anilines is 1. The Balaban J connectivity index is 2.03. The molecule has 3 nitrogen and oxygen atoms in total. The first-order valence-electron chi connectivity index (χ1n) is 6.63. The Morgan fingerprint density at radius 1 is 0.810 bits per heavy atom. The molecule has 0 spiro atoms. The summed E-state index contributed by atoms with van der Waals surface area (Å²) in [4.78, 5) is 0.265. The van der Waals surface area contributed by atoms with E-state index in [0.29, 0.717) is 5.69 Å². The molecule has 106 valence electrons. The fourth-order valence-corrected chi connectivity index (χ4v) is 3.32. The van der Waals surface area contributed by atoms with Gasteiger partial charge in [0.1, 0.15) is 0 Å². The molecule has 0 radical (unpaired) electrons. The number of sulfonamides is 1. The van der Waals surface area contributed by atoms with Crippen LogP contribution in [0.4, 0.5) is 5.69 Å². The first kappa shape index (κ1) is 13.6. The van der Waals surface area contributed by atoms with Gasteiger partial charge in [0.05, 0.1) is 10.6 Å². The van der Waals surface area contributed by atoms with Gasteiger partial charge in [-0.1, -0.05) is 54.1 Å². The van der Waals surface area contributed by atoms with Crippen LogP contribution < -0.4 is 4.72 Å². The lowest BCUT2D eigenvalue weighted by atomic mass is 10.1. The quantitative estimate of drug-likeness (QED) is 0.795. The van der Waals surface area contributed by atoms with E-state index < -0.39 is 10.0 Å². The smallest absolute Gasteiger partial charge is 0.261 e. The molecular formula is C17H15NO2S. The zero-order valence-electron chi connectivity index (χ0n) is 11.6. The van der Waals surface area contributed by atoms with E-state index >= 15 is 0 Å². The molecule has 0 saturated heterocycles. The van der Waals surface area contributed by atoms with Crippen LogP contribution in [0.2, 0.25) is 0 Å². The number of rotatable bonds is 3. The summed E-state index contributed by atoms with van der Waals surface area (Å²) in [7, 11) is -3.57. The summed E-state index contributed by atoms with van der Waals surface area (Å²) >= 11 is 0. The van der Waals surface area contributed by atoms with Gasteiger partial charge in [-0.2, -0.15) is 0 Å². The molecule has 3 rings (SSSR count). The van der Waals surface area contributed by atoms with E-state index in [1.807, 2.05) is 43.3 Å². The predicted molar refractivity (Wildman–Crippen MR) is 85.9 cm³/mol. The molecule has 0 atom stereocenters. The molecule has 0 bridgehead atoms. The minimum Gasteiger partial charge on any atom is -0.279 e. The van der Waals surface area contributed by atoms with E-state index in [-0.39, 0.29) is 4.90 Å². The third-order valence-corrected chi connectivity index (χ3v) is 4.75. The van der Waals surface area contributed by atoms with Gasteiger partial charge in [-0.15, -0.1) is 0 Å². The minimum atomic E-state index is -3.57. The molecule has 21 heavy (non-hydrogen) atoms. The molecule has 4 heteroatoms. The highest BCUT2D eigenvalue weighted by Gasteiger charge is 2.14.